The summed E-state index contributed by atoms with van der Waals surface area (Å²) < 4.78 is 0. The van der Waals surface area contributed by atoms with Gasteiger partial charge in [0.2, 0.25) is 0 Å². The number of unbranched alkanes of at least 4 members (excludes halogenated alkanes) is 1. The van der Waals surface area contributed by atoms with Gasteiger partial charge in [0.05, 0.1) is 0 Å². The number of carboxylic acid groups (broad SMARTS) is 1. The van der Waals surface area contributed by atoms with E-state index in [1.807, 2.05) is 4.90 Å². The van der Waals surface area contributed by atoms with Gasteiger partial charge >= 0.3 is 12.0 Å². The van der Waals surface area contributed by atoms with Crippen LogP contribution in [0.3, 0.4) is 0 Å². The molecule has 2 rings (SSSR count). The Morgan fingerprint density at radius 3 is 2.42 bits per heavy atom. The number of piperidine rings is 1. The van der Waals surface area contributed by atoms with E-state index in [0.717, 1.165) is 45.1 Å². The first kappa shape index (κ1) is 14.2. The molecular weight excluding hydrogens is 244 g/mol. The molecule has 2 saturated heterocycles. The number of aliphatic carboxylic acids is 1. The first-order chi connectivity index (χ1) is 9.11. The van der Waals surface area contributed by atoms with Crippen molar-refractivity contribution in [2.75, 3.05) is 6.54 Å². The highest BCUT2D eigenvalue weighted by molar-refractivity contribution is 5.75. The molecule has 19 heavy (non-hydrogen) atoms. The smallest absolute Gasteiger partial charge is 0.317 e. The first-order valence-electron chi connectivity index (χ1n) is 7.39. The summed E-state index contributed by atoms with van der Waals surface area (Å²) in [4.78, 5) is 24.9. The van der Waals surface area contributed by atoms with Crippen LogP contribution in [0.1, 0.15) is 51.9 Å². The molecule has 0 aromatic carbocycles. The lowest BCUT2D eigenvalue weighted by molar-refractivity contribution is -0.138. The van der Waals surface area contributed by atoms with Crippen LogP contribution in [0, 0.1) is 5.92 Å². The fraction of sp³-hybridized carbons (Fsp3) is 0.857. The lowest BCUT2D eigenvalue weighted by Gasteiger charge is -2.38. The third kappa shape index (κ3) is 3.39. The molecule has 0 aromatic heterocycles. The van der Waals surface area contributed by atoms with Crippen molar-refractivity contribution in [3.63, 3.8) is 0 Å². The summed E-state index contributed by atoms with van der Waals surface area (Å²) in [5, 5.41) is 11.9. The highest BCUT2D eigenvalue weighted by Crippen LogP contribution is 2.39. The monoisotopic (exact) mass is 268 g/mol. The van der Waals surface area contributed by atoms with Crippen LogP contribution in [0.2, 0.25) is 0 Å². The zero-order chi connectivity index (χ0) is 13.8. The molecule has 0 saturated carbocycles. The van der Waals surface area contributed by atoms with Gasteiger partial charge in [-0.05, 0) is 38.0 Å². The molecule has 2 fully saturated rings. The van der Waals surface area contributed by atoms with Gasteiger partial charge in [-0.1, -0.05) is 13.3 Å². The van der Waals surface area contributed by atoms with E-state index in [1.165, 1.54) is 0 Å². The third-order valence-electron chi connectivity index (χ3n) is 4.34. The highest BCUT2D eigenvalue weighted by atomic mass is 16.4. The lowest BCUT2D eigenvalue weighted by atomic mass is 9.88. The van der Waals surface area contributed by atoms with E-state index in [-0.39, 0.29) is 30.5 Å². The largest absolute Gasteiger partial charge is 0.481 e. The first-order valence-corrected chi connectivity index (χ1v) is 7.39. The Bertz CT molecular complexity index is 332. The predicted octanol–water partition coefficient (Wildman–Crippen LogP) is 2.21. The van der Waals surface area contributed by atoms with Gasteiger partial charge in [0.1, 0.15) is 0 Å². The Labute approximate surface area is 114 Å². The fourth-order valence-corrected chi connectivity index (χ4v) is 3.50. The van der Waals surface area contributed by atoms with Crippen molar-refractivity contribution in [3.8, 4) is 0 Å². The minimum Gasteiger partial charge on any atom is -0.481 e. The molecule has 2 atom stereocenters. The van der Waals surface area contributed by atoms with Crippen LogP contribution < -0.4 is 5.32 Å². The van der Waals surface area contributed by atoms with Crippen molar-refractivity contribution in [2.45, 2.75) is 64.0 Å². The molecule has 2 amide bonds. The molecule has 5 heteroatoms. The van der Waals surface area contributed by atoms with E-state index >= 15 is 0 Å². The Morgan fingerprint density at radius 2 is 1.89 bits per heavy atom. The number of hydrogen-bond acceptors (Lipinski definition) is 2. The number of carbonyl (C=O) groups excluding carboxylic acids is 1. The summed E-state index contributed by atoms with van der Waals surface area (Å²) >= 11 is 0. The normalized spacial score (nSPS) is 29.3. The van der Waals surface area contributed by atoms with Gasteiger partial charge in [-0.3, -0.25) is 4.79 Å². The van der Waals surface area contributed by atoms with E-state index < -0.39 is 5.97 Å². The summed E-state index contributed by atoms with van der Waals surface area (Å²) in [5.74, 6) is -0.472. The molecule has 2 aliphatic heterocycles. The van der Waals surface area contributed by atoms with Gasteiger partial charge in [-0.25, -0.2) is 4.79 Å². The Morgan fingerprint density at radius 1 is 1.26 bits per heavy atom. The summed E-state index contributed by atoms with van der Waals surface area (Å²) in [6.45, 7) is 2.84. The maximum Gasteiger partial charge on any atom is 0.317 e. The maximum atomic E-state index is 12.2. The number of carbonyl (C=O) groups is 2. The number of fused-ring (bicyclic) bond motifs is 2. The van der Waals surface area contributed by atoms with Crippen LogP contribution in [-0.4, -0.2) is 40.6 Å². The molecular formula is C14H24N2O3. The van der Waals surface area contributed by atoms with Crippen LogP contribution in [0.25, 0.3) is 0 Å². The molecule has 5 nitrogen and oxygen atoms in total. The van der Waals surface area contributed by atoms with Crippen molar-refractivity contribution < 1.29 is 14.7 Å². The molecule has 0 radical (unpaired) electrons. The van der Waals surface area contributed by atoms with Gasteiger partial charge in [0, 0.05) is 25.0 Å². The van der Waals surface area contributed by atoms with Crippen molar-refractivity contribution >= 4 is 12.0 Å². The van der Waals surface area contributed by atoms with Crippen molar-refractivity contribution in [3.05, 3.63) is 0 Å². The Hall–Kier alpha value is -1.26. The number of hydrogen-bond donors (Lipinski definition) is 2. The van der Waals surface area contributed by atoms with Crippen LogP contribution in [-0.2, 0) is 4.79 Å². The second-order valence-corrected chi connectivity index (χ2v) is 5.81. The van der Waals surface area contributed by atoms with E-state index in [2.05, 4.69) is 12.2 Å². The van der Waals surface area contributed by atoms with Gasteiger partial charge in [-0.15, -0.1) is 0 Å². The Balaban J connectivity index is 1.88. The highest BCUT2D eigenvalue weighted by Gasteiger charge is 2.43. The summed E-state index contributed by atoms with van der Waals surface area (Å²) in [5.41, 5.74) is 0. The van der Waals surface area contributed by atoms with E-state index in [1.54, 1.807) is 0 Å². The average molecular weight is 268 g/mol. The number of nitrogens with one attached hydrogen (secondary N) is 1. The van der Waals surface area contributed by atoms with E-state index in [4.69, 9.17) is 5.11 Å². The number of carboxylic acids is 1. The quantitative estimate of drug-likeness (QED) is 0.751. The molecule has 0 spiro atoms. The van der Waals surface area contributed by atoms with E-state index in [0.29, 0.717) is 0 Å². The predicted molar refractivity (Wildman–Crippen MR) is 71.9 cm³/mol. The zero-order valence-electron chi connectivity index (χ0n) is 11.6. The van der Waals surface area contributed by atoms with Gasteiger partial charge in [0.25, 0.3) is 0 Å². The van der Waals surface area contributed by atoms with Crippen LogP contribution >= 0.6 is 0 Å². The topological polar surface area (TPSA) is 69.6 Å². The maximum absolute atomic E-state index is 12.2. The summed E-state index contributed by atoms with van der Waals surface area (Å²) in [6.07, 6.45) is 6.10. The molecule has 0 aliphatic carbocycles. The molecule has 2 unspecified atom stereocenters. The minimum atomic E-state index is -0.717. The van der Waals surface area contributed by atoms with Crippen LogP contribution in [0.4, 0.5) is 4.79 Å². The molecule has 2 bridgehead atoms. The molecule has 2 aliphatic rings. The molecule has 0 aromatic rings. The molecule has 108 valence electrons. The van der Waals surface area contributed by atoms with Crippen molar-refractivity contribution in [1.29, 1.82) is 0 Å². The van der Waals surface area contributed by atoms with Crippen LogP contribution in [0.5, 0.6) is 0 Å². The standard InChI is InChI=1S/C14H24N2O3/c1-2-3-6-15-14(19)16-11-4-5-12(16)8-10(7-11)9-13(17)18/h10-12H,2-9H2,1H3,(H,15,19)(H,17,18). The van der Waals surface area contributed by atoms with Crippen molar-refractivity contribution in [2.24, 2.45) is 5.92 Å². The second-order valence-electron chi connectivity index (χ2n) is 5.81. The number of urea groups is 1. The molecule has 2 heterocycles. The number of amides is 2. The van der Waals surface area contributed by atoms with Crippen molar-refractivity contribution in [1.82, 2.24) is 10.2 Å². The van der Waals surface area contributed by atoms with Gasteiger partial charge in [-0.2, -0.15) is 0 Å². The average Bonchev–Trinajstić information content (AvgIpc) is 2.61. The lowest BCUT2D eigenvalue weighted by Crippen LogP contribution is -2.51. The SMILES string of the molecule is CCCCNC(=O)N1C2CCC1CC(CC(=O)O)C2. The number of nitrogens with zero attached hydrogens (tertiary/aromatic N) is 1. The third-order valence-corrected chi connectivity index (χ3v) is 4.34. The zero-order valence-corrected chi connectivity index (χ0v) is 11.6. The van der Waals surface area contributed by atoms with E-state index in [9.17, 15) is 9.59 Å². The number of rotatable bonds is 5. The fourth-order valence-electron chi connectivity index (χ4n) is 3.50. The van der Waals surface area contributed by atoms with Crippen LogP contribution in [0.15, 0.2) is 0 Å². The second kappa shape index (κ2) is 6.26. The summed E-state index contributed by atoms with van der Waals surface area (Å²) in [7, 11) is 0. The summed E-state index contributed by atoms with van der Waals surface area (Å²) in [6, 6.07) is 0.559. The minimum absolute atomic E-state index is 0.0507. The van der Waals surface area contributed by atoms with Gasteiger partial charge < -0.3 is 15.3 Å². The Kier molecular flexibility index (Phi) is 4.66. The molecule has 2 N–H and O–H groups in total. The van der Waals surface area contributed by atoms with Gasteiger partial charge in [0.15, 0.2) is 0 Å².